The average molecular weight is 751 g/mol. The lowest BCUT2D eigenvalue weighted by atomic mass is 9.82. The van der Waals surface area contributed by atoms with E-state index in [2.05, 4.69) is 38.9 Å². The fraction of sp³-hybridized carbons (Fsp3) is 0.220. The molecule has 5 aromatic carbocycles. The number of hydrogen-bond donors (Lipinski definition) is 3. The lowest BCUT2D eigenvalue weighted by Gasteiger charge is -2.31. The highest BCUT2D eigenvalue weighted by atomic mass is 79.9. The van der Waals surface area contributed by atoms with Crippen LogP contribution in [0.15, 0.2) is 131 Å². The molecule has 0 spiro atoms. The molecule has 1 amide bonds. The summed E-state index contributed by atoms with van der Waals surface area (Å²) in [5.74, 6) is 1.96. The van der Waals surface area contributed by atoms with Crippen molar-refractivity contribution < 1.29 is 28.8 Å². The van der Waals surface area contributed by atoms with E-state index in [9.17, 15) is 4.79 Å². The predicted molar refractivity (Wildman–Crippen MR) is 201 cm³/mol. The highest BCUT2D eigenvalue weighted by molar-refractivity contribution is 9.10. The van der Waals surface area contributed by atoms with E-state index in [1.165, 1.54) is 0 Å². The van der Waals surface area contributed by atoms with Crippen molar-refractivity contribution >= 4 is 27.7 Å². The summed E-state index contributed by atoms with van der Waals surface area (Å²) >= 11 is 3.54. The van der Waals surface area contributed by atoms with E-state index in [-0.39, 0.29) is 18.9 Å². The van der Waals surface area contributed by atoms with E-state index < -0.39 is 11.6 Å². The second-order valence-corrected chi connectivity index (χ2v) is 13.0. The number of benzene rings is 5. The summed E-state index contributed by atoms with van der Waals surface area (Å²) in [6, 6.07) is 39.0. The van der Waals surface area contributed by atoms with Crippen LogP contribution in [-0.4, -0.2) is 49.9 Å². The molecular weight excluding hydrogens is 710 g/mol. The van der Waals surface area contributed by atoms with Gasteiger partial charge in [0.05, 0.1) is 20.8 Å². The molecular formula is C41H40BrN3O6. The van der Waals surface area contributed by atoms with Gasteiger partial charge in [-0.3, -0.25) is 10.2 Å². The van der Waals surface area contributed by atoms with Crippen molar-refractivity contribution in [1.29, 1.82) is 0 Å². The molecule has 1 aliphatic heterocycles. The van der Waals surface area contributed by atoms with Gasteiger partial charge in [0.1, 0.15) is 17.2 Å². The summed E-state index contributed by atoms with van der Waals surface area (Å²) < 4.78 is 24.3. The Morgan fingerprint density at radius 3 is 2.22 bits per heavy atom. The van der Waals surface area contributed by atoms with Crippen LogP contribution in [0.4, 0.5) is 0 Å². The van der Waals surface area contributed by atoms with Crippen LogP contribution in [0.3, 0.4) is 0 Å². The molecule has 1 heterocycles. The normalized spacial score (nSPS) is 16.5. The third kappa shape index (κ3) is 8.42. The van der Waals surface area contributed by atoms with Gasteiger partial charge >= 0.3 is 0 Å². The lowest BCUT2D eigenvalue weighted by Crippen LogP contribution is -2.53. The molecule has 0 radical (unpaired) electrons. The monoisotopic (exact) mass is 749 g/mol. The molecule has 1 aliphatic rings. The summed E-state index contributed by atoms with van der Waals surface area (Å²) in [7, 11) is 3.20. The Kier molecular flexibility index (Phi) is 11.7. The molecule has 5 aromatic rings. The average Bonchev–Trinajstić information content (AvgIpc) is 3.57. The molecule has 3 N–H and O–H groups in total. The van der Waals surface area contributed by atoms with Gasteiger partial charge in [0.25, 0.3) is 5.91 Å². The molecule has 0 saturated heterocycles. The molecule has 51 heavy (non-hydrogen) atoms. The van der Waals surface area contributed by atoms with Gasteiger partial charge in [0.15, 0.2) is 11.6 Å². The van der Waals surface area contributed by atoms with Crippen LogP contribution in [0.5, 0.6) is 17.2 Å². The van der Waals surface area contributed by atoms with Gasteiger partial charge in [-0.25, -0.2) is 10.4 Å². The number of nitrogens with one attached hydrogen (secondary N) is 2. The number of ether oxygens (including phenoxy) is 4. The fourth-order valence-corrected chi connectivity index (χ4v) is 6.27. The third-order valence-electron chi connectivity index (χ3n) is 8.71. The standard InChI is InChI=1S/C41H40BrN3O6/c1-48-36-22-17-33(37(25-36)49-2)27-43-45-40(47)41(26-28-9-18-34(42)19-10-28)38(31-13-11-30(12-14-31)29-7-4-3-5-8-29)51-39(44-41)32-15-20-35(21-16-32)50-24-6-23-46/h3-5,7-22,25,38,43,46H,6,23-24,26-27H2,1-2H3,(H,45,47)/t38-,41-/m0/s1. The molecule has 9 nitrogen and oxygen atoms in total. The van der Waals surface area contributed by atoms with Crippen LogP contribution >= 0.6 is 15.9 Å². The zero-order valence-electron chi connectivity index (χ0n) is 28.5. The van der Waals surface area contributed by atoms with Crippen molar-refractivity contribution in [2.75, 3.05) is 27.4 Å². The summed E-state index contributed by atoms with van der Waals surface area (Å²) in [5, 5.41) is 9.13. The molecule has 0 bridgehead atoms. The summed E-state index contributed by atoms with van der Waals surface area (Å²) in [5.41, 5.74) is 10.1. The van der Waals surface area contributed by atoms with Crippen molar-refractivity contribution in [3.05, 3.63) is 148 Å². The van der Waals surface area contributed by atoms with Crippen molar-refractivity contribution in [2.45, 2.75) is 31.0 Å². The van der Waals surface area contributed by atoms with Crippen LogP contribution in [-0.2, 0) is 22.5 Å². The summed E-state index contributed by atoms with van der Waals surface area (Å²) in [6.07, 6.45) is 0.0325. The van der Waals surface area contributed by atoms with Gasteiger partial charge in [-0.1, -0.05) is 88.7 Å². The highest BCUT2D eigenvalue weighted by Crippen LogP contribution is 2.43. The van der Waals surface area contributed by atoms with Crippen LogP contribution < -0.4 is 25.1 Å². The quantitative estimate of drug-likeness (QED) is 0.0767. The number of rotatable bonds is 15. The number of halogens is 1. The number of carbonyl (C=O) groups excluding carboxylic acids is 1. The number of carbonyl (C=O) groups is 1. The molecule has 0 unspecified atom stereocenters. The Bertz CT molecular complexity index is 1940. The smallest absolute Gasteiger partial charge is 0.266 e. The number of hydrazine groups is 1. The Morgan fingerprint density at radius 1 is 0.843 bits per heavy atom. The Balaban J connectivity index is 1.37. The molecule has 0 aromatic heterocycles. The van der Waals surface area contributed by atoms with E-state index in [1.807, 2.05) is 103 Å². The maximum absolute atomic E-state index is 14.7. The second kappa shape index (κ2) is 16.7. The minimum Gasteiger partial charge on any atom is -0.497 e. The predicted octanol–water partition coefficient (Wildman–Crippen LogP) is 7.22. The maximum Gasteiger partial charge on any atom is 0.266 e. The van der Waals surface area contributed by atoms with Crippen LogP contribution in [0.1, 0.15) is 34.8 Å². The summed E-state index contributed by atoms with van der Waals surface area (Å²) in [4.78, 5) is 19.8. The molecule has 0 saturated carbocycles. The van der Waals surface area contributed by atoms with Gasteiger partial charge < -0.3 is 24.1 Å². The first-order valence-corrected chi connectivity index (χ1v) is 17.5. The van der Waals surface area contributed by atoms with E-state index in [4.69, 9.17) is 29.0 Å². The topological polar surface area (TPSA) is 111 Å². The Morgan fingerprint density at radius 2 is 1.53 bits per heavy atom. The van der Waals surface area contributed by atoms with Gasteiger partial charge in [0, 0.05) is 47.7 Å². The molecule has 262 valence electrons. The van der Waals surface area contributed by atoms with Crippen LogP contribution in [0.25, 0.3) is 11.1 Å². The number of methoxy groups -OCH3 is 2. The first-order chi connectivity index (χ1) is 24.9. The number of aliphatic hydroxyl groups excluding tert-OH is 1. The number of nitrogens with zero attached hydrogens (tertiary/aromatic N) is 1. The number of hydrogen-bond acceptors (Lipinski definition) is 8. The summed E-state index contributed by atoms with van der Waals surface area (Å²) in [6.45, 7) is 0.751. The van der Waals surface area contributed by atoms with Crippen molar-refractivity contribution in [3.8, 4) is 28.4 Å². The van der Waals surface area contributed by atoms with E-state index >= 15 is 0 Å². The molecule has 0 aliphatic carbocycles. The highest BCUT2D eigenvalue weighted by Gasteiger charge is 2.53. The zero-order chi connectivity index (χ0) is 35.6. The molecule has 0 fully saturated rings. The van der Waals surface area contributed by atoms with Gasteiger partial charge in [-0.15, -0.1) is 0 Å². The zero-order valence-corrected chi connectivity index (χ0v) is 30.1. The van der Waals surface area contributed by atoms with E-state index in [0.717, 1.165) is 32.3 Å². The number of aliphatic imine (C=N–C) groups is 1. The van der Waals surface area contributed by atoms with E-state index in [1.54, 1.807) is 20.3 Å². The molecule has 2 atom stereocenters. The van der Waals surface area contributed by atoms with Crippen molar-refractivity contribution in [1.82, 2.24) is 10.9 Å². The minimum absolute atomic E-state index is 0.0570. The van der Waals surface area contributed by atoms with Gasteiger partial charge in [0.2, 0.25) is 5.90 Å². The lowest BCUT2D eigenvalue weighted by molar-refractivity contribution is -0.130. The first-order valence-electron chi connectivity index (χ1n) is 16.7. The van der Waals surface area contributed by atoms with Gasteiger partial charge in [-0.2, -0.15) is 0 Å². The Hall–Kier alpha value is -5.16. The molecule has 6 rings (SSSR count). The second-order valence-electron chi connectivity index (χ2n) is 12.1. The maximum atomic E-state index is 14.7. The SMILES string of the molecule is COc1ccc(CNNC(=O)[C@@]2(Cc3ccc(Br)cc3)N=C(c3ccc(OCCCO)cc3)O[C@H]2c2ccc(-c3ccccc3)cc2)c(OC)c1. The van der Waals surface area contributed by atoms with Crippen molar-refractivity contribution in [3.63, 3.8) is 0 Å². The van der Waals surface area contributed by atoms with Crippen LogP contribution in [0.2, 0.25) is 0 Å². The Labute approximate surface area is 306 Å². The van der Waals surface area contributed by atoms with E-state index in [0.29, 0.717) is 48.3 Å². The first kappa shape index (κ1) is 35.7. The molecule has 10 heteroatoms. The number of aliphatic hydroxyl groups is 1. The minimum atomic E-state index is -1.40. The third-order valence-corrected chi connectivity index (χ3v) is 9.24. The van der Waals surface area contributed by atoms with Gasteiger partial charge in [-0.05, 0) is 64.7 Å². The van der Waals surface area contributed by atoms with Crippen molar-refractivity contribution in [2.24, 2.45) is 4.99 Å². The number of amides is 1. The van der Waals surface area contributed by atoms with Crippen LogP contribution in [0, 0.1) is 0 Å². The largest absolute Gasteiger partial charge is 0.497 e. The fourth-order valence-electron chi connectivity index (χ4n) is 6.00.